The molecule has 3 nitrogen and oxygen atoms in total. The summed E-state index contributed by atoms with van der Waals surface area (Å²) in [6.45, 7) is 2.05. The third-order valence-electron chi connectivity index (χ3n) is 4.53. The Labute approximate surface area is 141 Å². The first kappa shape index (κ1) is 14.6. The van der Waals surface area contributed by atoms with Gasteiger partial charge in [0.05, 0.1) is 11.7 Å². The molecule has 0 radical (unpaired) electrons. The molecule has 1 unspecified atom stereocenters. The maximum Gasteiger partial charge on any atom is 0.259 e. The zero-order valence-corrected chi connectivity index (χ0v) is 13.5. The fraction of sp³-hybridized carbons (Fsp3) is 0.143. The van der Waals surface area contributed by atoms with E-state index in [1.54, 1.807) is 6.20 Å². The van der Waals surface area contributed by atoms with Gasteiger partial charge in [-0.1, -0.05) is 42.0 Å². The standard InChI is InChI=1S/C21H18N2O/c1-15-9-11-17(12-10-15)23-20(19-8-4-5-13-22-19)14-16-6-2-3-7-18(16)21(23)24/h2-13,20H,14H2,1H3. The van der Waals surface area contributed by atoms with Crippen molar-refractivity contribution in [3.63, 3.8) is 0 Å². The molecule has 0 bridgehead atoms. The second kappa shape index (κ2) is 5.93. The van der Waals surface area contributed by atoms with Crippen LogP contribution in [0.1, 0.15) is 33.2 Å². The van der Waals surface area contributed by atoms with E-state index in [0.717, 1.165) is 28.9 Å². The number of nitrogens with zero attached hydrogens (tertiary/aromatic N) is 2. The first-order chi connectivity index (χ1) is 11.7. The zero-order valence-electron chi connectivity index (χ0n) is 13.5. The van der Waals surface area contributed by atoms with Crippen LogP contribution in [0.4, 0.5) is 5.69 Å². The lowest BCUT2D eigenvalue weighted by Crippen LogP contribution is -2.40. The quantitative estimate of drug-likeness (QED) is 0.705. The summed E-state index contributed by atoms with van der Waals surface area (Å²) >= 11 is 0. The Morgan fingerprint density at radius 2 is 1.71 bits per heavy atom. The van der Waals surface area contributed by atoms with E-state index in [-0.39, 0.29) is 11.9 Å². The molecule has 2 aromatic carbocycles. The molecule has 0 aliphatic carbocycles. The minimum atomic E-state index is -0.0868. The van der Waals surface area contributed by atoms with Gasteiger partial charge in [-0.2, -0.15) is 0 Å². The van der Waals surface area contributed by atoms with Gasteiger partial charge in [-0.25, -0.2) is 0 Å². The highest BCUT2D eigenvalue weighted by Crippen LogP contribution is 2.36. The van der Waals surface area contributed by atoms with Gasteiger partial charge in [0.25, 0.3) is 5.91 Å². The third kappa shape index (κ3) is 2.48. The maximum absolute atomic E-state index is 13.2. The molecule has 0 spiro atoms. The van der Waals surface area contributed by atoms with Crippen LogP contribution in [-0.2, 0) is 6.42 Å². The topological polar surface area (TPSA) is 33.2 Å². The summed E-state index contributed by atoms with van der Waals surface area (Å²) in [6.07, 6.45) is 2.56. The van der Waals surface area contributed by atoms with Crippen molar-refractivity contribution in [1.82, 2.24) is 4.98 Å². The van der Waals surface area contributed by atoms with Gasteiger partial charge in [-0.15, -0.1) is 0 Å². The van der Waals surface area contributed by atoms with E-state index in [0.29, 0.717) is 0 Å². The fourth-order valence-corrected chi connectivity index (χ4v) is 3.29. The van der Waals surface area contributed by atoms with Crippen molar-refractivity contribution in [3.8, 4) is 0 Å². The molecule has 3 heteroatoms. The Hall–Kier alpha value is -2.94. The van der Waals surface area contributed by atoms with Crippen LogP contribution in [-0.4, -0.2) is 10.9 Å². The van der Waals surface area contributed by atoms with Gasteiger partial charge in [0.1, 0.15) is 0 Å². The molecule has 0 N–H and O–H groups in total. The largest absolute Gasteiger partial charge is 0.299 e. The van der Waals surface area contributed by atoms with Crippen molar-refractivity contribution >= 4 is 11.6 Å². The molecule has 0 fully saturated rings. The highest BCUT2D eigenvalue weighted by Gasteiger charge is 2.34. The number of pyridine rings is 1. The summed E-state index contributed by atoms with van der Waals surface area (Å²) in [5.41, 5.74) is 4.88. The first-order valence-electron chi connectivity index (χ1n) is 8.13. The van der Waals surface area contributed by atoms with E-state index >= 15 is 0 Å². The van der Waals surface area contributed by atoms with E-state index in [9.17, 15) is 4.79 Å². The van der Waals surface area contributed by atoms with Crippen molar-refractivity contribution < 1.29 is 4.79 Å². The second-order valence-corrected chi connectivity index (χ2v) is 6.14. The number of benzene rings is 2. The molecule has 2 heterocycles. The molecule has 0 saturated heterocycles. The van der Waals surface area contributed by atoms with Crippen LogP contribution in [0.3, 0.4) is 0 Å². The average Bonchev–Trinajstić information content (AvgIpc) is 2.63. The average molecular weight is 314 g/mol. The van der Waals surface area contributed by atoms with Gasteiger partial charge in [0, 0.05) is 17.4 Å². The van der Waals surface area contributed by atoms with E-state index in [1.165, 1.54) is 5.56 Å². The van der Waals surface area contributed by atoms with Crippen LogP contribution in [0.15, 0.2) is 72.9 Å². The highest BCUT2D eigenvalue weighted by molar-refractivity contribution is 6.08. The molecule has 1 aromatic heterocycles. The molecule has 118 valence electrons. The Morgan fingerprint density at radius 3 is 2.46 bits per heavy atom. The number of aryl methyl sites for hydroxylation is 1. The van der Waals surface area contributed by atoms with Crippen molar-refractivity contribution in [2.45, 2.75) is 19.4 Å². The Bertz CT molecular complexity index is 872. The number of hydrogen-bond donors (Lipinski definition) is 0. The highest BCUT2D eigenvalue weighted by atomic mass is 16.2. The van der Waals surface area contributed by atoms with Gasteiger partial charge in [-0.3, -0.25) is 14.7 Å². The molecule has 1 aliphatic heterocycles. The molecule has 0 saturated carbocycles. The summed E-state index contributed by atoms with van der Waals surface area (Å²) in [5, 5.41) is 0. The smallest absolute Gasteiger partial charge is 0.259 e. The molecule has 1 aliphatic rings. The molecular weight excluding hydrogens is 296 g/mol. The monoisotopic (exact) mass is 314 g/mol. The van der Waals surface area contributed by atoms with Crippen LogP contribution in [0.25, 0.3) is 0 Å². The van der Waals surface area contributed by atoms with Crippen LogP contribution >= 0.6 is 0 Å². The van der Waals surface area contributed by atoms with Crippen LogP contribution < -0.4 is 4.90 Å². The minimum absolute atomic E-state index is 0.0383. The lowest BCUT2D eigenvalue weighted by Gasteiger charge is -2.36. The Kier molecular flexibility index (Phi) is 3.62. The maximum atomic E-state index is 13.2. The van der Waals surface area contributed by atoms with E-state index in [2.05, 4.69) is 4.98 Å². The third-order valence-corrected chi connectivity index (χ3v) is 4.53. The number of aromatic nitrogens is 1. The number of carbonyl (C=O) groups is 1. The van der Waals surface area contributed by atoms with Crippen molar-refractivity contribution in [2.24, 2.45) is 0 Å². The summed E-state index contributed by atoms with van der Waals surface area (Å²) in [5.74, 6) is 0.0383. The van der Waals surface area contributed by atoms with Gasteiger partial charge < -0.3 is 0 Å². The van der Waals surface area contributed by atoms with Crippen LogP contribution in [0.5, 0.6) is 0 Å². The van der Waals surface area contributed by atoms with Crippen molar-refractivity contribution in [2.75, 3.05) is 4.90 Å². The fourth-order valence-electron chi connectivity index (χ4n) is 3.29. The van der Waals surface area contributed by atoms with Gasteiger partial charge in [0.2, 0.25) is 0 Å². The van der Waals surface area contributed by atoms with Gasteiger partial charge >= 0.3 is 0 Å². The number of rotatable bonds is 2. The summed E-state index contributed by atoms with van der Waals surface area (Å²) in [7, 11) is 0. The summed E-state index contributed by atoms with van der Waals surface area (Å²) in [6, 6.07) is 21.7. The van der Waals surface area contributed by atoms with Gasteiger partial charge in [0.15, 0.2) is 0 Å². The SMILES string of the molecule is Cc1ccc(N2C(=O)c3ccccc3CC2c2ccccn2)cc1. The molecule has 24 heavy (non-hydrogen) atoms. The Morgan fingerprint density at radius 1 is 0.958 bits per heavy atom. The lowest BCUT2D eigenvalue weighted by atomic mass is 9.91. The molecule has 1 amide bonds. The Balaban J connectivity index is 1.86. The van der Waals surface area contributed by atoms with Gasteiger partial charge in [-0.05, 0) is 49.2 Å². The van der Waals surface area contributed by atoms with Crippen molar-refractivity contribution in [3.05, 3.63) is 95.3 Å². The normalized spacial score (nSPS) is 16.8. The summed E-state index contributed by atoms with van der Waals surface area (Å²) < 4.78 is 0. The number of amides is 1. The number of fused-ring (bicyclic) bond motifs is 1. The second-order valence-electron chi connectivity index (χ2n) is 6.14. The minimum Gasteiger partial charge on any atom is -0.299 e. The van der Waals surface area contributed by atoms with E-state index in [1.807, 2.05) is 78.6 Å². The molecule has 1 atom stereocenters. The first-order valence-corrected chi connectivity index (χ1v) is 8.13. The predicted octanol–water partition coefficient (Wildman–Crippen LogP) is 4.33. The van der Waals surface area contributed by atoms with E-state index in [4.69, 9.17) is 0 Å². The van der Waals surface area contributed by atoms with Crippen molar-refractivity contribution in [1.29, 1.82) is 0 Å². The molecular formula is C21H18N2O. The van der Waals surface area contributed by atoms with Crippen LogP contribution in [0.2, 0.25) is 0 Å². The van der Waals surface area contributed by atoms with E-state index < -0.39 is 0 Å². The number of carbonyl (C=O) groups excluding carboxylic acids is 1. The number of anilines is 1. The number of hydrogen-bond acceptors (Lipinski definition) is 2. The molecule has 4 rings (SSSR count). The lowest BCUT2D eigenvalue weighted by molar-refractivity contribution is 0.0966. The van der Waals surface area contributed by atoms with Crippen LogP contribution in [0, 0.1) is 6.92 Å². The molecule has 3 aromatic rings. The zero-order chi connectivity index (χ0) is 16.5. The summed E-state index contributed by atoms with van der Waals surface area (Å²) in [4.78, 5) is 19.6. The predicted molar refractivity (Wildman–Crippen MR) is 95.1 cm³/mol.